The minimum atomic E-state index is -0.343. The molecule has 1 aromatic carbocycles. The number of nitrogens with one attached hydrogen (secondary N) is 1. The van der Waals surface area contributed by atoms with Crippen LogP contribution in [0.5, 0.6) is 0 Å². The van der Waals surface area contributed by atoms with Crippen LogP contribution in [0.25, 0.3) is 10.9 Å². The first-order valence-corrected chi connectivity index (χ1v) is 13.4. The van der Waals surface area contributed by atoms with Crippen molar-refractivity contribution in [3.05, 3.63) is 33.9 Å². The van der Waals surface area contributed by atoms with Crippen LogP contribution in [0.1, 0.15) is 81.9 Å². The summed E-state index contributed by atoms with van der Waals surface area (Å²) < 4.78 is 3.66. The molecule has 0 atom stereocenters. The fraction of sp³-hybridized carbons (Fsp3) is 0.615. The highest BCUT2D eigenvalue weighted by Crippen LogP contribution is 2.35. The number of fused-ring (bicyclic) bond motifs is 3. The summed E-state index contributed by atoms with van der Waals surface area (Å²) in [5.74, 6) is 0.659. The number of unbranched alkanes of at least 4 members (excludes halogenated alkanes) is 3. The fourth-order valence-corrected chi connectivity index (χ4v) is 5.96. The largest absolute Gasteiger partial charge is 0.344 e. The maximum atomic E-state index is 12.9. The number of hydrogen-bond acceptors (Lipinski definition) is 3. The molecule has 0 bridgehead atoms. The average molecular weight is 518 g/mol. The van der Waals surface area contributed by atoms with Crippen molar-refractivity contribution in [3.8, 4) is 0 Å². The van der Waals surface area contributed by atoms with Crippen molar-refractivity contribution in [1.29, 1.82) is 0 Å². The Kier molecular flexibility index (Phi) is 8.47. The first-order chi connectivity index (χ1) is 16.1. The lowest BCUT2D eigenvalue weighted by molar-refractivity contribution is -0.132. The number of carbonyl (C=O) groups excluding carboxylic acids is 2. The van der Waals surface area contributed by atoms with Gasteiger partial charge in [0, 0.05) is 65.5 Å². The molecule has 0 radical (unpaired) electrons. The summed E-state index contributed by atoms with van der Waals surface area (Å²) in [7, 11) is 0. The van der Waals surface area contributed by atoms with E-state index in [1.54, 1.807) is 5.48 Å². The predicted molar refractivity (Wildman–Crippen MR) is 133 cm³/mol. The molecule has 2 amide bonds. The van der Waals surface area contributed by atoms with Crippen molar-refractivity contribution in [2.24, 2.45) is 5.92 Å². The van der Waals surface area contributed by atoms with Gasteiger partial charge in [-0.1, -0.05) is 48.0 Å². The Labute approximate surface area is 204 Å². The van der Waals surface area contributed by atoms with Crippen LogP contribution in [0, 0.1) is 5.92 Å². The summed E-state index contributed by atoms with van der Waals surface area (Å²) in [6.07, 6.45) is 12.0. The number of halogens is 1. The van der Waals surface area contributed by atoms with E-state index >= 15 is 0 Å². The average Bonchev–Trinajstić information content (AvgIpc) is 3.13. The molecule has 33 heavy (non-hydrogen) atoms. The second-order valence-corrected chi connectivity index (χ2v) is 10.6. The Bertz CT molecular complexity index is 981. The van der Waals surface area contributed by atoms with Gasteiger partial charge < -0.3 is 9.47 Å². The molecule has 4 rings (SSSR count). The second kappa shape index (κ2) is 11.5. The number of amides is 2. The van der Waals surface area contributed by atoms with Crippen molar-refractivity contribution >= 4 is 38.6 Å². The second-order valence-electron chi connectivity index (χ2n) is 9.72. The van der Waals surface area contributed by atoms with E-state index < -0.39 is 0 Å². The Hall–Kier alpha value is -1.86. The third kappa shape index (κ3) is 5.99. The summed E-state index contributed by atoms with van der Waals surface area (Å²) in [4.78, 5) is 26.0. The molecule has 2 aliphatic rings. The highest BCUT2D eigenvalue weighted by Gasteiger charge is 2.27. The van der Waals surface area contributed by atoms with Gasteiger partial charge in [0.05, 0.1) is 0 Å². The SMILES string of the molecule is O=C(CCCCCCC(=O)N1CCc2c(c3cc(Br)ccc3n2CC2CCCCC2)C1)NO. The maximum Gasteiger partial charge on any atom is 0.243 e. The maximum absolute atomic E-state index is 12.9. The predicted octanol–water partition coefficient (Wildman–Crippen LogP) is 5.71. The molecule has 6 nitrogen and oxygen atoms in total. The number of hydrogen-bond donors (Lipinski definition) is 2. The Morgan fingerprint density at radius 3 is 2.58 bits per heavy atom. The van der Waals surface area contributed by atoms with E-state index in [9.17, 15) is 9.59 Å². The number of rotatable bonds is 9. The van der Waals surface area contributed by atoms with Crippen LogP contribution in [0.15, 0.2) is 22.7 Å². The molecule has 1 aromatic heterocycles. The number of aromatic nitrogens is 1. The zero-order chi connectivity index (χ0) is 23.2. The van der Waals surface area contributed by atoms with Gasteiger partial charge in [-0.25, -0.2) is 5.48 Å². The van der Waals surface area contributed by atoms with Crippen molar-refractivity contribution in [3.63, 3.8) is 0 Å². The molecule has 1 fully saturated rings. The van der Waals surface area contributed by atoms with E-state index in [1.807, 2.05) is 4.90 Å². The summed E-state index contributed by atoms with van der Waals surface area (Å²) in [5, 5.41) is 9.82. The van der Waals surface area contributed by atoms with Gasteiger partial charge in [0.1, 0.15) is 0 Å². The van der Waals surface area contributed by atoms with Crippen LogP contribution in [-0.4, -0.2) is 33.0 Å². The van der Waals surface area contributed by atoms with Crippen molar-refractivity contribution < 1.29 is 14.8 Å². The first kappa shape index (κ1) is 24.3. The van der Waals surface area contributed by atoms with E-state index in [4.69, 9.17) is 5.21 Å². The minimum absolute atomic E-state index is 0.233. The lowest BCUT2D eigenvalue weighted by atomic mass is 9.89. The normalized spacial score (nSPS) is 16.7. The van der Waals surface area contributed by atoms with E-state index in [0.29, 0.717) is 19.4 Å². The molecular weight excluding hydrogens is 482 g/mol. The molecule has 2 heterocycles. The zero-order valence-corrected chi connectivity index (χ0v) is 21.0. The summed E-state index contributed by atoms with van der Waals surface area (Å²) in [5.41, 5.74) is 5.74. The monoisotopic (exact) mass is 517 g/mol. The summed E-state index contributed by atoms with van der Waals surface area (Å²) in [6, 6.07) is 6.60. The molecule has 1 aliphatic heterocycles. The van der Waals surface area contributed by atoms with E-state index in [-0.39, 0.29) is 11.8 Å². The molecule has 180 valence electrons. The quantitative estimate of drug-likeness (QED) is 0.254. The molecule has 1 saturated carbocycles. The third-order valence-corrected chi connectivity index (χ3v) is 7.90. The smallest absolute Gasteiger partial charge is 0.243 e. The van der Waals surface area contributed by atoms with Gasteiger partial charge in [-0.05, 0) is 49.8 Å². The van der Waals surface area contributed by atoms with E-state index in [1.165, 1.54) is 54.3 Å². The lowest BCUT2D eigenvalue weighted by Crippen LogP contribution is -2.36. The molecule has 7 heteroatoms. The van der Waals surface area contributed by atoms with Crippen LogP contribution in [0.2, 0.25) is 0 Å². The molecule has 2 aromatic rings. The fourth-order valence-electron chi connectivity index (χ4n) is 5.60. The first-order valence-electron chi connectivity index (χ1n) is 12.6. The van der Waals surface area contributed by atoms with Crippen molar-refractivity contribution in [2.45, 2.75) is 90.1 Å². The van der Waals surface area contributed by atoms with Crippen molar-refractivity contribution in [2.75, 3.05) is 6.54 Å². The topological polar surface area (TPSA) is 74.6 Å². The summed E-state index contributed by atoms with van der Waals surface area (Å²) >= 11 is 3.65. The number of nitrogens with zero attached hydrogens (tertiary/aromatic N) is 2. The van der Waals surface area contributed by atoms with E-state index in [0.717, 1.165) is 55.6 Å². The number of benzene rings is 1. The summed E-state index contributed by atoms with van der Waals surface area (Å²) in [6.45, 7) is 2.61. The minimum Gasteiger partial charge on any atom is -0.344 e. The number of carbonyl (C=O) groups is 2. The van der Waals surface area contributed by atoms with Crippen LogP contribution in [-0.2, 0) is 29.1 Å². The molecule has 0 spiro atoms. The van der Waals surface area contributed by atoms with Gasteiger partial charge in [0.2, 0.25) is 11.8 Å². The molecule has 2 N–H and O–H groups in total. The van der Waals surface area contributed by atoms with Gasteiger partial charge in [0.15, 0.2) is 0 Å². The Morgan fingerprint density at radius 2 is 1.82 bits per heavy atom. The molecule has 1 aliphatic carbocycles. The third-order valence-electron chi connectivity index (χ3n) is 7.40. The lowest BCUT2D eigenvalue weighted by Gasteiger charge is -2.30. The van der Waals surface area contributed by atoms with Gasteiger partial charge in [-0.15, -0.1) is 0 Å². The standard InChI is InChI=1S/C26H36BrN3O3/c27-20-12-13-23-21(16-20)22-18-29(26(32)11-7-2-1-6-10-25(31)28-33)15-14-24(22)30(23)17-19-8-4-3-5-9-19/h12-13,16,19,33H,1-11,14-15,17-18H2,(H,28,31). The molecular formula is C26H36BrN3O3. The van der Waals surface area contributed by atoms with Crippen LogP contribution in [0.4, 0.5) is 0 Å². The zero-order valence-electron chi connectivity index (χ0n) is 19.5. The Morgan fingerprint density at radius 1 is 1.06 bits per heavy atom. The van der Waals surface area contributed by atoms with Gasteiger partial charge >= 0.3 is 0 Å². The van der Waals surface area contributed by atoms with Crippen LogP contribution < -0.4 is 5.48 Å². The van der Waals surface area contributed by atoms with Crippen LogP contribution >= 0.6 is 15.9 Å². The van der Waals surface area contributed by atoms with Gasteiger partial charge in [-0.2, -0.15) is 0 Å². The molecule has 0 unspecified atom stereocenters. The van der Waals surface area contributed by atoms with Gasteiger partial charge in [0.25, 0.3) is 0 Å². The van der Waals surface area contributed by atoms with Gasteiger partial charge in [-0.3, -0.25) is 14.8 Å². The highest BCUT2D eigenvalue weighted by molar-refractivity contribution is 9.10. The van der Waals surface area contributed by atoms with E-state index in [2.05, 4.69) is 38.7 Å². The van der Waals surface area contributed by atoms with Crippen molar-refractivity contribution in [1.82, 2.24) is 14.9 Å². The Balaban J connectivity index is 1.40. The molecule has 0 saturated heterocycles. The van der Waals surface area contributed by atoms with Crippen LogP contribution in [0.3, 0.4) is 0 Å². The number of hydroxylamine groups is 1. The highest BCUT2D eigenvalue weighted by atomic mass is 79.9.